The molecular weight excluding hydrogens is 292 g/mol. The molecule has 0 aliphatic heterocycles. The highest BCUT2D eigenvalue weighted by Gasteiger charge is 2.14. The number of nitrogen functional groups attached to an aromatic ring is 1. The number of nitrogens with two attached hydrogens (primary N) is 1. The normalized spacial score (nSPS) is 10.3. The Morgan fingerprint density at radius 1 is 1.32 bits per heavy atom. The number of nitrogens with one attached hydrogen (secondary N) is 1. The van der Waals surface area contributed by atoms with Gasteiger partial charge >= 0.3 is 0 Å². The van der Waals surface area contributed by atoms with Crippen LogP contribution in [0.15, 0.2) is 30.5 Å². The molecule has 0 aliphatic carbocycles. The summed E-state index contributed by atoms with van der Waals surface area (Å²) in [5, 5.41) is 2.79. The molecule has 98 valence electrons. The molecule has 1 aromatic heterocycles. The molecule has 0 spiro atoms. The Morgan fingerprint density at radius 2 is 2.05 bits per heavy atom. The van der Waals surface area contributed by atoms with Crippen molar-refractivity contribution in [2.45, 2.75) is 0 Å². The van der Waals surface area contributed by atoms with Gasteiger partial charge in [-0.1, -0.05) is 23.2 Å². The van der Waals surface area contributed by atoms with Gasteiger partial charge in [-0.3, -0.25) is 4.79 Å². The lowest BCUT2D eigenvalue weighted by Crippen LogP contribution is -2.14. The number of benzene rings is 1. The lowest BCUT2D eigenvalue weighted by atomic mass is 10.2. The van der Waals surface area contributed by atoms with Crippen LogP contribution in [-0.2, 0) is 0 Å². The predicted octanol–water partition coefficient (Wildman–Crippen LogP) is 3.36. The van der Waals surface area contributed by atoms with Crippen molar-refractivity contribution in [2.24, 2.45) is 0 Å². The number of anilines is 2. The van der Waals surface area contributed by atoms with Gasteiger partial charge in [-0.15, -0.1) is 0 Å². The number of hydrogen-bond acceptors (Lipinski definition) is 3. The van der Waals surface area contributed by atoms with E-state index in [1.807, 2.05) is 0 Å². The zero-order valence-corrected chi connectivity index (χ0v) is 11.0. The Hall–Kier alpha value is -1.85. The van der Waals surface area contributed by atoms with Gasteiger partial charge in [0.25, 0.3) is 5.91 Å². The smallest absolute Gasteiger partial charge is 0.257 e. The van der Waals surface area contributed by atoms with E-state index in [0.29, 0.717) is 5.02 Å². The Kier molecular flexibility index (Phi) is 3.87. The van der Waals surface area contributed by atoms with E-state index in [0.717, 1.165) is 6.07 Å². The maximum absolute atomic E-state index is 13.5. The van der Waals surface area contributed by atoms with E-state index >= 15 is 0 Å². The highest BCUT2D eigenvalue weighted by atomic mass is 35.5. The van der Waals surface area contributed by atoms with Gasteiger partial charge in [0.1, 0.15) is 11.6 Å². The average Bonchev–Trinajstić information content (AvgIpc) is 2.36. The molecule has 0 fully saturated rings. The molecule has 0 aliphatic rings. The number of halogens is 3. The Bertz CT molecular complexity index is 649. The molecule has 2 aromatic rings. The van der Waals surface area contributed by atoms with Crippen LogP contribution < -0.4 is 11.1 Å². The summed E-state index contributed by atoms with van der Waals surface area (Å²) >= 11 is 11.6. The van der Waals surface area contributed by atoms with Crippen molar-refractivity contribution in [1.82, 2.24) is 4.98 Å². The summed E-state index contributed by atoms with van der Waals surface area (Å²) in [6.45, 7) is 0. The highest BCUT2D eigenvalue weighted by Crippen LogP contribution is 2.22. The van der Waals surface area contributed by atoms with Crippen LogP contribution in [-0.4, -0.2) is 10.9 Å². The zero-order chi connectivity index (χ0) is 14.0. The molecule has 19 heavy (non-hydrogen) atoms. The monoisotopic (exact) mass is 299 g/mol. The van der Waals surface area contributed by atoms with E-state index < -0.39 is 11.7 Å². The number of amides is 1. The van der Waals surface area contributed by atoms with Crippen LogP contribution >= 0.6 is 23.2 Å². The van der Waals surface area contributed by atoms with E-state index in [9.17, 15) is 9.18 Å². The number of rotatable bonds is 2. The Balaban J connectivity index is 2.30. The summed E-state index contributed by atoms with van der Waals surface area (Å²) < 4.78 is 13.5. The fourth-order valence-electron chi connectivity index (χ4n) is 1.41. The number of carbonyl (C=O) groups is 1. The number of nitrogens with zero attached hydrogens (tertiary/aromatic N) is 1. The quantitative estimate of drug-likeness (QED) is 0.893. The predicted molar refractivity (Wildman–Crippen MR) is 73.0 cm³/mol. The molecular formula is C12H8Cl2FN3O. The number of hydrogen-bond donors (Lipinski definition) is 2. The summed E-state index contributed by atoms with van der Waals surface area (Å²) in [5.41, 5.74) is 5.53. The minimum atomic E-state index is -0.601. The third-order valence-electron chi connectivity index (χ3n) is 2.30. The average molecular weight is 300 g/mol. The van der Waals surface area contributed by atoms with Crippen LogP contribution in [0.25, 0.3) is 0 Å². The van der Waals surface area contributed by atoms with Gasteiger partial charge in [0, 0.05) is 11.2 Å². The largest absolute Gasteiger partial charge is 0.384 e. The summed E-state index contributed by atoms with van der Waals surface area (Å²) in [4.78, 5) is 15.7. The fourth-order valence-corrected chi connectivity index (χ4v) is 1.77. The van der Waals surface area contributed by atoms with Crippen LogP contribution in [0.5, 0.6) is 0 Å². The molecule has 0 saturated carbocycles. The van der Waals surface area contributed by atoms with E-state index in [4.69, 9.17) is 28.9 Å². The second-order valence-electron chi connectivity index (χ2n) is 3.67. The molecule has 0 bridgehead atoms. The third kappa shape index (κ3) is 3.13. The lowest BCUT2D eigenvalue weighted by molar-refractivity contribution is 0.102. The molecule has 3 N–H and O–H groups in total. The van der Waals surface area contributed by atoms with Crippen LogP contribution in [0.1, 0.15) is 10.4 Å². The van der Waals surface area contributed by atoms with Crippen molar-refractivity contribution in [3.63, 3.8) is 0 Å². The minimum absolute atomic E-state index is 0.0380. The van der Waals surface area contributed by atoms with Gasteiger partial charge in [-0.2, -0.15) is 0 Å². The first-order valence-electron chi connectivity index (χ1n) is 5.15. The summed E-state index contributed by atoms with van der Waals surface area (Å²) in [5.74, 6) is -1.06. The van der Waals surface area contributed by atoms with Crippen molar-refractivity contribution < 1.29 is 9.18 Å². The van der Waals surface area contributed by atoms with Gasteiger partial charge < -0.3 is 11.1 Å². The molecule has 0 radical (unpaired) electrons. The van der Waals surface area contributed by atoms with E-state index in [1.165, 1.54) is 24.4 Å². The fraction of sp³-hybridized carbons (Fsp3) is 0. The van der Waals surface area contributed by atoms with Crippen LogP contribution in [0.2, 0.25) is 10.0 Å². The van der Waals surface area contributed by atoms with Crippen molar-refractivity contribution >= 4 is 40.6 Å². The Labute approximate surface area is 118 Å². The van der Waals surface area contributed by atoms with Gasteiger partial charge in [-0.25, -0.2) is 9.37 Å². The molecule has 1 heterocycles. The highest BCUT2D eigenvalue weighted by molar-refractivity contribution is 6.34. The molecule has 4 nitrogen and oxygen atoms in total. The molecule has 1 amide bonds. The number of pyridine rings is 1. The number of carbonyl (C=O) groups excluding carboxylic acids is 1. The molecule has 0 atom stereocenters. The summed E-state index contributed by atoms with van der Waals surface area (Å²) in [7, 11) is 0. The number of aromatic nitrogens is 1. The first-order valence-corrected chi connectivity index (χ1v) is 5.90. The van der Waals surface area contributed by atoms with Crippen LogP contribution in [0.3, 0.4) is 0 Å². The van der Waals surface area contributed by atoms with Crippen molar-refractivity contribution in [3.8, 4) is 0 Å². The van der Waals surface area contributed by atoms with Gasteiger partial charge in [0.2, 0.25) is 0 Å². The topological polar surface area (TPSA) is 68.0 Å². The second-order valence-corrected chi connectivity index (χ2v) is 4.51. The maximum atomic E-state index is 13.5. The van der Waals surface area contributed by atoms with Gasteiger partial charge in [0.05, 0.1) is 16.3 Å². The van der Waals surface area contributed by atoms with Gasteiger partial charge in [-0.05, 0) is 24.3 Å². The van der Waals surface area contributed by atoms with Crippen molar-refractivity contribution in [3.05, 3.63) is 51.9 Å². The van der Waals surface area contributed by atoms with Crippen molar-refractivity contribution in [2.75, 3.05) is 11.1 Å². The lowest BCUT2D eigenvalue weighted by Gasteiger charge is -2.08. The summed E-state index contributed by atoms with van der Waals surface area (Å²) in [6, 6.07) is 5.14. The molecule has 2 rings (SSSR count). The molecule has 1 aromatic carbocycles. The molecule has 0 saturated heterocycles. The first kappa shape index (κ1) is 13.6. The second kappa shape index (κ2) is 5.42. The molecule has 0 unspecified atom stereocenters. The zero-order valence-electron chi connectivity index (χ0n) is 9.45. The van der Waals surface area contributed by atoms with Crippen LogP contribution in [0, 0.1) is 5.82 Å². The van der Waals surface area contributed by atoms with Crippen molar-refractivity contribution in [1.29, 1.82) is 0 Å². The van der Waals surface area contributed by atoms with Crippen LogP contribution in [0.4, 0.5) is 15.9 Å². The third-order valence-corrected chi connectivity index (χ3v) is 2.83. The minimum Gasteiger partial charge on any atom is -0.384 e. The summed E-state index contributed by atoms with van der Waals surface area (Å²) in [6.07, 6.45) is 1.25. The van der Waals surface area contributed by atoms with E-state index in [2.05, 4.69) is 10.3 Å². The van der Waals surface area contributed by atoms with E-state index in [1.54, 1.807) is 0 Å². The molecule has 7 heteroatoms. The first-order chi connectivity index (χ1) is 8.97. The standard InChI is InChI=1S/C12H8Cl2FN3O/c13-6-1-2-9(15)10(3-6)18-12(19)7-4-11(16)17-5-8(7)14/h1-5H,(H2,16,17)(H,18,19). The SMILES string of the molecule is Nc1cc(C(=O)Nc2cc(Cl)ccc2F)c(Cl)cn1. The van der Waals surface area contributed by atoms with E-state index in [-0.39, 0.29) is 22.1 Å². The maximum Gasteiger partial charge on any atom is 0.257 e. The van der Waals surface area contributed by atoms with Gasteiger partial charge in [0.15, 0.2) is 0 Å². The Morgan fingerprint density at radius 3 is 2.79 bits per heavy atom.